The molecule has 3 heteroatoms. The van der Waals surface area contributed by atoms with Crippen LogP contribution in [0.1, 0.15) is 25.1 Å². The summed E-state index contributed by atoms with van der Waals surface area (Å²) in [4.78, 5) is 3.12. The van der Waals surface area contributed by atoms with Crippen molar-refractivity contribution in [1.29, 1.82) is 0 Å². The Morgan fingerprint density at radius 3 is 2.93 bits per heavy atom. The van der Waals surface area contributed by atoms with Gasteiger partial charge in [0.05, 0.1) is 0 Å². The lowest BCUT2D eigenvalue weighted by molar-refractivity contribution is 0.629. The third-order valence-electron chi connectivity index (χ3n) is 2.44. The summed E-state index contributed by atoms with van der Waals surface area (Å²) in [6, 6.07) is 6.68. The highest BCUT2D eigenvalue weighted by molar-refractivity contribution is 5.80. The quantitative estimate of drug-likeness (QED) is 0.754. The van der Waals surface area contributed by atoms with Gasteiger partial charge < -0.3 is 10.7 Å². The van der Waals surface area contributed by atoms with Gasteiger partial charge in [-0.1, -0.05) is 6.92 Å². The third kappa shape index (κ3) is 1.51. The number of hydrogen-bond acceptors (Lipinski definition) is 1. The van der Waals surface area contributed by atoms with Gasteiger partial charge in [-0.2, -0.15) is 0 Å². The standard InChI is InChI=1S/C11H13FN2/c1-2-9(13)11-5-7-3-4-8(12)6-10(7)14-11/h3-6,9,14H,2,13H2,1H3/t9-/m1/s1. The van der Waals surface area contributed by atoms with Gasteiger partial charge in [0.2, 0.25) is 0 Å². The van der Waals surface area contributed by atoms with E-state index in [9.17, 15) is 4.39 Å². The zero-order chi connectivity index (χ0) is 10.1. The summed E-state index contributed by atoms with van der Waals surface area (Å²) >= 11 is 0. The van der Waals surface area contributed by atoms with Gasteiger partial charge in [0.1, 0.15) is 5.82 Å². The highest BCUT2D eigenvalue weighted by atomic mass is 19.1. The van der Waals surface area contributed by atoms with Gasteiger partial charge in [0.25, 0.3) is 0 Å². The average Bonchev–Trinajstić information content (AvgIpc) is 2.59. The number of hydrogen-bond donors (Lipinski definition) is 2. The molecule has 1 atom stereocenters. The van der Waals surface area contributed by atoms with E-state index in [0.717, 1.165) is 23.0 Å². The zero-order valence-electron chi connectivity index (χ0n) is 8.05. The van der Waals surface area contributed by atoms with Crippen LogP contribution in [0.2, 0.25) is 0 Å². The van der Waals surface area contributed by atoms with Crippen LogP contribution < -0.4 is 5.73 Å². The van der Waals surface area contributed by atoms with Crippen LogP contribution in [-0.2, 0) is 0 Å². The second-order valence-electron chi connectivity index (χ2n) is 3.47. The molecular formula is C11H13FN2. The summed E-state index contributed by atoms with van der Waals surface area (Å²) in [5.41, 5.74) is 7.65. The minimum Gasteiger partial charge on any atom is -0.357 e. The van der Waals surface area contributed by atoms with E-state index in [0.29, 0.717) is 0 Å². The van der Waals surface area contributed by atoms with E-state index in [1.807, 2.05) is 13.0 Å². The zero-order valence-corrected chi connectivity index (χ0v) is 8.05. The van der Waals surface area contributed by atoms with Crippen molar-refractivity contribution < 1.29 is 4.39 Å². The Balaban J connectivity index is 2.51. The van der Waals surface area contributed by atoms with Crippen LogP contribution in [0.3, 0.4) is 0 Å². The van der Waals surface area contributed by atoms with E-state index >= 15 is 0 Å². The fourth-order valence-electron chi connectivity index (χ4n) is 1.54. The molecule has 0 spiro atoms. The molecule has 0 radical (unpaired) electrons. The van der Waals surface area contributed by atoms with E-state index in [2.05, 4.69) is 4.98 Å². The lowest BCUT2D eigenvalue weighted by Gasteiger charge is -2.04. The van der Waals surface area contributed by atoms with Crippen molar-refractivity contribution in [3.05, 3.63) is 35.8 Å². The molecule has 0 amide bonds. The maximum absolute atomic E-state index is 12.9. The van der Waals surface area contributed by atoms with Crippen molar-refractivity contribution in [2.75, 3.05) is 0 Å². The van der Waals surface area contributed by atoms with Crippen LogP contribution in [0.25, 0.3) is 10.9 Å². The highest BCUT2D eigenvalue weighted by Crippen LogP contribution is 2.20. The summed E-state index contributed by atoms with van der Waals surface area (Å²) < 4.78 is 12.9. The first-order valence-electron chi connectivity index (χ1n) is 4.74. The lowest BCUT2D eigenvalue weighted by atomic mass is 10.1. The molecular weight excluding hydrogens is 179 g/mol. The smallest absolute Gasteiger partial charge is 0.125 e. The number of fused-ring (bicyclic) bond motifs is 1. The van der Waals surface area contributed by atoms with Crippen molar-refractivity contribution in [2.24, 2.45) is 5.73 Å². The molecule has 3 N–H and O–H groups in total. The van der Waals surface area contributed by atoms with Gasteiger partial charge >= 0.3 is 0 Å². The van der Waals surface area contributed by atoms with Gasteiger partial charge in [-0.25, -0.2) is 4.39 Å². The van der Waals surface area contributed by atoms with Crippen LogP contribution in [0, 0.1) is 5.82 Å². The number of nitrogens with one attached hydrogen (secondary N) is 1. The molecule has 2 aromatic rings. The second kappa shape index (κ2) is 3.42. The van der Waals surface area contributed by atoms with Crippen LogP contribution in [0.4, 0.5) is 4.39 Å². The topological polar surface area (TPSA) is 41.8 Å². The molecule has 0 aliphatic heterocycles. The van der Waals surface area contributed by atoms with E-state index in [1.165, 1.54) is 12.1 Å². The number of H-pyrrole nitrogens is 1. The van der Waals surface area contributed by atoms with Crippen molar-refractivity contribution in [3.63, 3.8) is 0 Å². The highest BCUT2D eigenvalue weighted by Gasteiger charge is 2.07. The molecule has 2 rings (SSSR count). The van der Waals surface area contributed by atoms with E-state index in [-0.39, 0.29) is 11.9 Å². The lowest BCUT2D eigenvalue weighted by Crippen LogP contribution is -2.08. The maximum Gasteiger partial charge on any atom is 0.125 e. The number of halogens is 1. The van der Waals surface area contributed by atoms with Crippen LogP contribution in [0.5, 0.6) is 0 Å². The molecule has 0 aliphatic carbocycles. The molecule has 1 heterocycles. The molecule has 0 aliphatic rings. The number of aromatic nitrogens is 1. The normalized spacial score (nSPS) is 13.4. The van der Waals surface area contributed by atoms with Crippen molar-refractivity contribution in [2.45, 2.75) is 19.4 Å². The molecule has 1 aromatic heterocycles. The van der Waals surface area contributed by atoms with Gasteiger partial charge in [-0.05, 0) is 36.1 Å². The van der Waals surface area contributed by atoms with Crippen molar-refractivity contribution in [3.8, 4) is 0 Å². The molecule has 2 nitrogen and oxygen atoms in total. The summed E-state index contributed by atoms with van der Waals surface area (Å²) in [5, 5.41) is 1.00. The monoisotopic (exact) mass is 192 g/mol. The average molecular weight is 192 g/mol. The van der Waals surface area contributed by atoms with Crippen molar-refractivity contribution in [1.82, 2.24) is 4.98 Å². The van der Waals surface area contributed by atoms with E-state index in [4.69, 9.17) is 5.73 Å². The van der Waals surface area contributed by atoms with Crippen LogP contribution in [-0.4, -0.2) is 4.98 Å². The molecule has 0 unspecified atom stereocenters. The number of benzene rings is 1. The Bertz CT molecular complexity index is 447. The van der Waals surface area contributed by atoms with Crippen LogP contribution in [0.15, 0.2) is 24.3 Å². The molecule has 0 saturated heterocycles. The Labute approximate surface area is 81.9 Å². The molecule has 0 fully saturated rings. The summed E-state index contributed by atoms with van der Waals surface area (Å²) in [6.45, 7) is 2.02. The fourth-order valence-corrected chi connectivity index (χ4v) is 1.54. The maximum atomic E-state index is 12.9. The first-order valence-corrected chi connectivity index (χ1v) is 4.74. The SMILES string of the molecule is CC[C@@H](N)c1cc2ccc(F)cc2[nH]1. The molecule has 1 aromatic carbocycles. The Morgan fingerprint density at radius 2 is 2.21 bits per heavy atom. The largest absolute Gasteiger partial charge is 0.357 e. The van der Waals surface area contributed by atoms with Gasteiger partial charge in [-0.15, -0.1) is 0 Å². The fraction of sp³-hybridized carbons (Fsp3) is 0.273. The second-order valence-corrected chi connectivity index (χ2v) is 3.47. The Kier molecular flexibility index (Phi) is 2.25. The predicted octanol–water partition coefficient (Wildman–Crippen LogP) is 2.72. The Morgan fingerprint density at radius 1 is 1.43 bits per heavy atom. The molecule has 14 heavy (non-hydrogen) atoms. The van der Waals surface area contributed by atoms with Gasteiger partial charge in [0, 0.05) is 17.3 Å². The first kappa shape index (κ1) is 9.21. The predicted molar refractivity (Wildman–Crippen MR) is 55.5 cm³/mol. The minimum absolute atomic E-state index is 0.00506. The van der Waals surface area contributed by atoms with E-state index < -0.39 is 0 Å². The number of aromatic amines is 1. The summed E-state index contributed by atoms with van der Waals surface area (Å²) in [5.74, 6) is -0.226. The summed E-state index contributed by atoms with van der Waals surface area (Å²) in [7, 11) is 0. The molecule has 74 valence electrons. The van der Waals surface area contributed by atoms with Gasteiger partial charge in [-0.3, -0.25) is 0 Å². The minimum atomic E-state index is -0.226. The van der Waals surface area contributed by atoms with Gasteiger partial charge in [0.15, 0.2) is 0 Å². The number of nitrogens with two attached hydrogens (primary N) is 1. The third-order valence-corrected chi connectivity index (χ3v) is 2.44. The number of rotatable bonds is 2. The molecule has 0 saturated carbocycles. The Hall–Kier alpha value is -1.35. The summed E-state index contributed by atoms with van der Waals surface area (Å²) in [6.07, 6.45) is 0.870. The van der Waals surface area contributed by atoms with E-state index in [1.54, 1.807) is 6.07 Å². The molecule has 0 bridgehead atoms. The van der Waals surface area contributed by atoms with Crippen molar-refractivity contribution >= 4 is 10.9 Å². The first-order chi connectivity index (χ1) is 6.70. The van der Waals surface area contributed by atoms with Crippen LogP contribution >= 0.6 is 0 Å².